The second-order valence-electron chi connectivity index (χ2n) is 8.58. The van der Waals surface area contributed by atoms with Crippen LogP contribution in [-0.4, -0.2) is 35.1 Å². The van der Waals surface area contributed by atoms with Crippen LogP contribution in [0.2, 0.25) is 0 Å². The Morgan fingerprint density at radius 1 is 0.923 bits per heavy atom. The van der Waals surface area contributed by atoms with Crippen molar-refractivity contribution in [3.63, 3.8) is 0 Å². The number of para-hydroxylation sites is 2. The van der Waals surface area contributed by atoms with Gasteiger partial charge in [-0.25, -0.2) is 16.7 Å². The average molecular weight is 518 g/mol. The van der Waals surface area contributed by atoms with E-state index in [1.165, 1.54) is 32.4 Å². The van der Waals surface area contributed by atoms with E-state index in [0.717, 1.165) is 39.2 Å². The molecule has 196 valence electrons. The highest BCUT2D eigenvalue weighted by Gasteiger charge is 2.05. The van der Waals surface area contributed by atoms with Gasteiger partial charge in [-0.1, -0.05) is 42.8 Å². The molecular formula is C31H31N7O. The van der Waals surface area contributed by atoms with Crippen LogP contribution in [0.15, 0.2) is 66.6 Å². The third-order valence-electron chi connectivity index (χ3n) is 5.87. The molecule has 1 aliphatic heterocycles. The maximum absolute atomic E-state index is 10.6. The minimum Gasteiger partial charge on any atom is -0.350 e. The largest absolute Gasteiger partial charge is 0.350 e. The van der Waals surface area contributed by atoms with Gasteiger partial charge in [0.2, 0.25) is 0 Å². The molecule has 0 unspecified atom stereocenters. The van der Waals surface area contributed by atoms with Crippen molar-refractivity contribution in [1.29, 1.82) is 10.5 Å². The van der Waals surface area contributed by atoms with E-state index in [-0.39, 0.29) is 12.2 Å². The fraction of sp³-hybridized carbons (Fsp3) is 0.258. The number of aromatic nitrogens is 2. The molecule has 0 radical (unpaired) electrons. The number of hydrogen-bond acceptors (Lipinski definition) is 4. The summed E-state index contributed by atoms with van der Waals surface area (Å²) in [6, 6.07) is 19.3. The Kier molecular flexibility index (Phi) is 12.8. The molecule has 1 saturated heterocycles. The molecule has 4 aromatic rings. The highest BCUT2D eigenvalue weighted by Crippen LogP contribution is 2.22. The van der Waals surface area contributed by atoms with Crippen LogP contribution in [0.1, 0.15) is 35.2 Å². The predicted molar refractivity (Wildman–Crippen MR) is 155 cm³/mol. The second kappa shape index (κ2) is 16.6. The van der Waals surface area contributed by atoms with Crippen LogP contribution in [0.3, 0.4) is 0 Å². The first-order valence-electron chi connectivity index (χ1n) is 12.4. The van der Waals surface area contributed by atoms with Gasteiger partial charge < -0.3 is 19.3 Å². The lowest BCUT2D eigenvalue weighted by atomic mass is 10.1. The second-order valence-corrected chi connectivity index (χ2v) is 8.58. The molecule has 3 heterocycles. The molecule has 0 aliphatic carbocycles. The van der Waals surface area contributed by atoms with Gasteiger partial charge in [0.15, 0.2) is 6.29 Å². The number of carbonyl (C=O) groups is 1. The molecule has 2 aromatic carbocycles. The zero-order valence-electron chi connectivity index (χ0n) is 22.3. The van der Waals surface area contributed by atoms with Crippen LogP contribution in [0, 0.1) is 35.8 Å². The zero-order valence-corrected chi connectivity index (χ0v) is 22.3. The van der Waals surface area contributed by atoms with Crippen molar-refractivity contribution >= 4 is 34.2 Å². The number of allylic oxidation sites excluding steroid dienone is 1. The molecule has 0 amide bonds. The van der Waals surface area contributed by atoms with Crippen LogP contribution < -0.4 is 5.32 Å². The molecule has 39 heavy (non-hydrogen) atoms. The molecule has 2 aromatic heterocycles. The molecule has 1 N–H and O–H groups in total. The van der Waals surface area contributed by atoms with Crippen molar-refractivity contribution in [3.05, 3.63) is 101 Å². The van der Waals surface area contributed by atoms with E-state index in [1.54, 1.807) is 12.1 Å². The molecule has 0 atom stereocenters. The van der Waals surface area contributed by atoms with Crippen LogP contribution in [0.25, 0.3) is 37.6 Å². The van der Waals surface area contributed by atoms with Crippen molar-refractivity contribution in [2.75, 3.05) is 19.6 Å². The first kappa shape index (κ1) is 30.1. The lowest BCUT2D eigenvalue weighted by Crippen LogP contribution is -2.21. The number of fused-ring (bicyclic) bond motifs is 2. The van der Waals surface area contributed by atoms with E-state index in [1.807, 2.05) is 90.2 Å². The van der Waals surface area contributed by atoms with E-state index in [0.29, 0.717) is 0 Å². The van der Waals surface area contributed by atoms with Crippen LogP contribution in [0.4, 0.5) is 0 Å². The van der Waals surface area contributed by atoms with Gasteiger partial charge in [-0.15, -0.1) is 0 Å². The number of hydrogen-bond donors (Lipinski definition) is 1. The number of benzene rings is 2. The van der Waals surface area contributed by atoms with Gasteiger partial charge in [0, 0.05) is 53.9 Å². The topological polar surface area (TPSA) is 95.3 Å². The van der Waals surface area contributed by atoms with Crippen molar-refractivity contribution in [3.8, 4) is 12.1 Å². The highest BCUT2D eigenvalue weighted by molar-refractivity contribution is 5.97. The van der Waals surface area contributed by atoms with Gasteiger partial charge in [-0.2, -0.15) is 5.26 Å². The van der Waals surface area contributed by atoms with Gasteiger partial charge >= 0.3 is 0 Å². The minimum atomic E-state index is -0.0139. The Hall–Kier alpha value is -5.15. The molecule has 1 aliphatic rings. The summed E-state index contributed by atoms with van der Waals surface area (Å²) in [6.07, 6.45) is 10.5. The molecule has 1 fully saturated rings. The normalized spacial score (nSPS) is 12.0. The predicted octanol–water partition coefficient (Wildman–Crippen LogP) is 6.14. The molecule has 8 heteroatoms. The summed E-state index contributed by atoms with van der Waals surface area (Å²) in [7, 11) is 3.89. The third kappa shape index (κ3) is 9.03. The van der Waals surface area contributed by atoms with Crippen molar-refractivity contribution in [2.45, 2.75) is 19.3 Å². The number of rotatable bonds is 2. The lowest BCUT2D eigenvalue weighted by Gasteiger charge is -2.08. The fourth-order valence-corrected chi connectivity index (χ4v) is 4.03. The molecule has 5 rings (SSSR count). The Morgan fingerprint density at radius 2 is 1.46 bits per heavy atom. The Morgan fingerprint density at radius 3 is 1.85 bits per heavy atom. The molecule has 0 bridgehead atoms. The van der Waals surface area contributed by atoms with E-state index in [2.05, 4.69) is 15.0 Å². The van der Waals surface area contributed by atoms with E-state index < -0.39 is 0 Å². The standard InChI is InChI=1S/C13H9N3.C10H9NO.C5H11N.C3H2N2/c1-15-11(8-14)7-10-9-16(2)13-6-4-3-5-12(10)13;1-11-6-8(7-12)9-4-2-3-5-10(9)11;1-2-4-6-5-3-1;1-5-3-2-4/h3-7,9H,2H3;2-7H,1H3;6H,1-5H2;3H2/b11-7-;;;. The molecular weight excluding hydrogens is 486 g/mol. The number of aryl methyl sites for hydroxylation is 2. The summed E-state index contributed by atoms with van der Waals surface area (Å²) in [5.41, 5.74) is 3.96. The monoisotopic (exact) mass is 517 g/mol. The Labute approximate surface area is 229 Å². The van der Waals surface area contributed by atoms with E-state index in [9.17, 15) is 4.79 Å². The van der Waals surface area contributed by atoms with Crippen molar-refractivity contribution < 1.29 is 4.79 Å². The van der Waals surface area contributed by atoms with Gasteiger partial charge in [0.05, 0.1) is 12.6 Å². The zero-order chi connectivity index (χ0) is 28.5. The van der Waals surface area contributed by atoms with Crippen LogP contribution >= 0.6 is 0 Å². The quantitative estimate of drug-likeness (QED) is 0.149. The summed E-state index contributed by atoms with van der Waals surface area (Å²) in [4.78, 5) is 16.5. The number of nitriles is 2. The van der Waals surface area contributed by atoms with Gasteiger partial charge in [-0.3, -0.25) is 4.79 Å². The van der Waals surface area contributed by atoms with Gasteiger partial charge in [-0.05, 0) is 49.7 Å². The number of nitrogens with one attached hydrogen (secondary N) is 1. The molecule has 8 nitrogen and oxygen atoms in total. The minimum absolute atomic E-state index is 0.0139. The first-order valence-corrected chi connectivity index (χ1v) is 12.4. The highest BCUT2D eigenvalue weighted by atomic mass is 16.1. The number of carbonyl (C=O) groups excluding carboxylic acids is 1. The first-order chi connectivity index (χ1) is 19.0. The molecule has 0 saturated carbocycles. The SMILES string of the molecule is C1CCNCC1.Cn1cc(C=O)c2ccccc21.[C-]#[N+]/C(C#N)=C\c1cn(C)c2ccccc12.[C-]#[N+]CC#N. The Bertz CT molecular complexity index is 1540. The van der Waals surface area contributed by atoms with Gasteiger partial charge in [0.1, 0.15) is 6.07 Å². The summed E-state index contributed by atoms with van der Waals surface area (Å²) >= 11 is 0. The number of piperidine rings is 1. The third-order valence-corrected chi connectivity index (χ3v) is 5.87. The summed E-state index contributed by atoms with van der Waals surface area (Å²) < 4.78 is 3.94. The fourth-order valence-electron chi connectivity index (χ4n) is 4.03. The maximum Gasteiger partial charge on any atom is 0.298 e. The summed E-state index contributed by atoms with van der Waals surface area (Å²) in [5, 5.41) is 21.7. The van der Waals surface area contributed by atoms with E-state index >= 15 is 0 Å². The molecule has 0 spiro atoms. The number of aldehydes is 1. The smallest absolute Gasteiger partial charge is 0.298 e. The van der Waals surface area contributed by atoms with Crippen LogP contribution in [0.5, 0.6) is 0 Å². The maximum atomic E-state index is 10.6. The number of nitrogens with zero attached hydrogens (tertiary/aromatic N) is 6. The Balaban J connectivity index is 0.000000203. The van der Waals surface area contributed by atoms with Crippen molar-refractivity contribution in [2.24, 2.45) is 14.1 Å². The van der Waals surface area contributed by atoms with E-state index in [4.69, 9.17) is 23.7 Å². The summed E-state index contributed by atoms with van der Waals surface area (Å²) in [5.74, 6) is 0. The summed E-state index contributed by atoms with van der Waals surface area (Å²) in [6.45, 7) is 15.3. The lowest BCUT2D eigenvalue weighted by molar-refractivity contribution is 0.112. The van der Waals surface area contributed by atoms with Crippen molar-refractivity contribution in [1.82, 2.24) is 14.5 Å². The van der Waals surface area contributed by atoms with Crippen LogP contribution in [-0.2, 0) is 14.1 Å². The average Bonchev–Trinajstić information content (AvgIpc) is 3.50. The van der Waals surface area contributed by atoms with Gasteiger partial charge in [0.25, 0.3) is 12.2 Å².